The second-order valence-corrected chi connectivity index (χ2v) is 14.8. The van der Waals surface area contributed by atoms with Gasteiger partial charge in [-0.3, -0.25) is 0 Å². The molecular weight excluding hydrogens is 663 g/mol. The standard InChI is InChI=1S/C50H31NOS/c1-3-15-39-32(10-1)12-8-18-40(39)34-22-26-37(27-23-34)51(45-19-9-20-46-49(45)44-29-24-33-11-2-4-16-41(33)50(44)52-46)38-14-7-13-35(30-38)36-25-28-43-42-17-5-6-21-47(42)53-48(43)31-36/h1-31H. The number of nitrogens with zero attached hydrogens (tertiary/aromatic N) is 1. The smallest absolute Gasteiger partial charge is 0.143 e. The van der Waals surface area contributed by atoms with Crippen LogP contribution in [0.5, 0.6) is 0 Å². The molecular formula is C50H31NOS. The third-order valence-electron chi connectivity index (χ3n) is 10.6. The van der Waals surface area contributed by atoms with Crippen LogP contribution in [-0.2, 0) is 0 Å². The Bertz CT molecular complexity index is 3180. The van der Waals surface area contributed by atoms with Crippen molar-refractivity contribution in [3.05, 3.63) is 188 Å². The minimum absolute atomic E-state index is 0.873. The molecule has 0 unspecified atom stereocenters. The lowest BCUT2D eigenvalue weighted by molar-refractivity contribution is 0.672. The average molecular weight is 694 g/mol. The second kappa shape index (κ2) is 11.9. The lowest BCUT2D eigenvalue weighted by Gasteiger charge is -2.27. The van der Waals surface area contributed by atoms with Crippen molar-refractivity contribution in [2.75, 3.05) is 4.90 Å². The Hall–Kier alpha value is -6.68. The van der Waals surface area contributed by atoms with Crippen LogP contribution in [0.1, 0.15) is 0 Å². The predicted octanol–water partition coefficient (Wildman–Crippen LogP) is 15.1. The lowest BCUT2D eigenvalue weighted by atomic mass is 9.97. The minimum Gasteiger partial charge on any atom is -0.455 e. The summed E-state index contributed by atoms with van der Waals surface area (Å²) in [6, 6.07) is 68.0. The topological polar surface area (TPSA) is 16.4 Å². The summed E-state index contributed by atoms with van der Waals surface area (Å²) in [5.74, 6) is 0. The van der Waals surface area contributed by atoms with Gasteiger partial charge >= 0.3 is 0 Å². The van der Waals surface area contributed by atoms with Gasteiger partial charge in [0.25, 0.3) is 0 Å². The average Bonchev–Trinajstić information content (AvgIpc) is 3.80. The number of anilines is 3. The fourth-order valence-electron chi connectivity index (χ4n) is 8.15. The van der Waals surface area contributed by atoms with Gasteiger partial charge < -0.3 is 9.32 Å². The number of furan rings is 1. The molecule has 0 aliphatic rings. The van der Waals surface area contributed by atoms with Crippen LogP contribution in [0.25, 0.3) is 85.9 Å². The zero-order valence-corrected chi connectivity index (χ0v) is 29.5. The maximum absolute atomic E-state index is 6.68. The van der Waals surface area contributed by atoms with Crippen LogP contribution in [0.2, 0.25) is 0 Å². The fourth-order valence-corrected chi connectivity index (χ4v) is 9.29. The van der Waals surface area contributed by atoms with Crippen molar-refractivity contribution in [1.82, 2.24) is 0 Å². The SMILES string of the molecule is c1cc(-c2ccc3c(c2)sc2ccccc23)cc(N(c2ccc(-c3cccc4ccccc34)cc2)c2cccc3oc4c5ccccc5ccc4c23)c1. The molecule has 9 aromatic carbocycles. The number of fused-ring (bicyclic) bond motifs is 9. The normalized spacial score (nSPS) is 11.8. The van der Waals surface area contributed by atoms with E-state index in [-0.39, 0.29) is 0 Å². The first kappa shape index (κ1) is 30.0. The van der Waals surface area contributed by atoms with Crippen LogP contribution in [0.15, 0.2) is 192 Å². The van der Waals surface area contributed by atoms with E-state index in [9.17, 15) is 0 Å². The van der Waals surface area contributed by atoms with Crippen LogP contribution in [-0.4, -0.2) is 0 Å². The van der Waals surface area contributed by atoms with Crippen LogP contribution in [0.3, 0.4) is 0 Å². The van der Waals surface area contributed by atoms with E-state index in [0.29, 0.717) is 0 Å². The molecule has 0 spiro atoms. The predicted molar refractivity (Wildman–Crippen MR) is 227 cm³/mol. The van der Waals surface area contributed by atoms with Gasteiger partial charge in [0.2, 0.25) is 0 Å². The first-order chi connectivity index (χ1) is 26.3. The molecule has 0 saturated carbocycles. The molecule has 11 aromatic rings. The molecule has 0 radical (unpaired) electrons. The van der Waals surface area contributed by atoms with E-state index in [1.165, 1.54) is 58.6 Å². The summed E-state index contributed by atoms with van der Waals surface area (Å²) in [6.07, 6.45) is 0. The molecule has 0 fully saturated rings. The molecule has 2 nitrogen and oxygen atoms in total. The van der Waals surface area contributed by atoms with E-state index in [4.69, 9.17) is 4.42 Å². The summed E-state index contributed by atoms with van der Waals surface area (Å²) in [5, 5.41) is 9.63. The molecule has 0 bridgehead atoms. The highest BCUT2D eigenvalue weighted by Crippen LogP contribution is 2.46. The third-order valence-corrected chi connectivity index (χ3v) is 11.8. The highest BCUT2D eigenvalue weighted by atomic mass is 32.1. The number of rotatable bonds is 5. The second-order valence-electron chi connectivity index (χ2n) is 13.7. The van der Waals surface area contributed by atoms with Crippen molar-refractivity contribution < 1.29 is 4.42 Å². The van der Waals surface area contributed by atoms with Crippen LogP contribution < -0.4 is 4.90 Å². The first-order valence-electron chi connectivity index (χ1n) is 18.0. The van der Waals surface area contributed by atoms with E-state index in [1.807, 2.05) is 11.3 Å². The van der Waals surface area contributed by atoms with Crippen molar-refractivity contribution in [3.8, 4) is 22.3 Å². The van der Waals surface area contributed by atoms with Gasteiger partial charge in [0, 0.05) is 42.3 Å². The molecule has 11 rings (SSSR count). The van der Waals surface area contributed by atoms with E-state index in [2.05, 4.69) is 193 Å². The monoisotopic (exact) mass is 693 g/mol. The summed E-state index contributed by atoms with van der Waals surface area (Å²) in [7, 11) is 0. The molecule has 0 atom stereocenters. The van der Waals surface area contributed by atoms with Gasteiger partial charge in [-0.25, -0.2) is 0 Å². The van der Waals surface area contributed by atoms with Gasteiger partial charge in [-0.05, 0) is 93.0 Å². The Morgan fingerprint density at radius 3 is 1.94 bits per heavy atom. The van der Waals surface area contributed by atoms with Crippen molar-refractivity contribution in [2.24, 2.45) is 0 Å². The highest BCUT2D eigenvalue weighted by molar-refractivity contribution is 7.25. The Morgan fingerprint density at radius 1 is 0.396 bits per heavy atom. The Kier molecular flexibility index (Phi) is 6.76. The van der Waals surface area contributed by atoms with Crippen LogP contribution in [0, 0.1) is 0 Å². The summed E-state index contributed by atoms with van der Waals surface area (Å²) >= 11 is 1.86. The van der Waals surface area contributed by atoms with Crippen molar-refractivity contribution in [3.63, 3.8) is 0 Å². The van der Waals surface area contributed by atoms with Gasteiger partial charge in [-0.1, -0.05) is 133 Å². The van der Waals surface area contributed by atoms with E-state index in [1.54, 1.807) is 0 Å². The Labute approximate surface area is 310 Å². The van der Waals surface area contributed by atoms with Gasteiger partial charge in [0.15, 0.2) is 0 Å². The number of benzene rings is 9. The first-order valence-corrected chi connectivity index (χ1v) is 18.8. The minimum atomic E-state index is 0.873. The summed E-state index contributed by atoms with van der Waals surface area (Å²) in [5.41, 5.74) is 9.83. The van der Waals surface area contributed by atoms with Crippen molar-refractivity contribution in [1.29, 1.82) is 0 Å². The van der Waals surface area contributed by atoms with Crippen molar-refractivity contribution in [2.45, 2.75) is 0 Å². The van der Waals surface area contributed by atoms with Gasteiger partial charge in [-0.2, -0.15) is 0 Å². The van der Waals surface area contributed by atoms with E-state index in [0.717, 1.165) is 44.4 Å². The molecule has 2 aromatic heterocycles. The van der Waals surface area contributed by atoms with Gasteiger partial charge in [0.1, 0.15) is 11.2 Å². The fraction of sp³-hybridized carbons (Fsp3) is 0. The van der Waals surface area contributed by atoms with Crippen LogP contribution in [0.4, 0.5) is 17.1 Å². The molecule has 3 heteroatoms. The maximum atomic E-state index is 6.68. The summed E-state index contributed by atoms with van der Waals surface area (Å²) in [6.45, 7) is 0. The molecule has 0 amide bonds. The largest absolute Gasteiger partial charge is 0.455 e. The zero-order valence-electron chi connectivity index (χ0n) is 28.7. The van der Waals surface area contributed by atoms with Crippen LogP contribution >= 0.6 is 11.3 Å². The molecule has 0 aliphatic heterocycles. The highest BCUT2D eigenvalue weighted by Gasteiger charge is 2.21. The molecule has 0 aliphatic carbocycles. The quantitative estimate of drug-likeness (QED) is 0.178. The van der Waals surface area contributed by atoms with E-state index >= 15 is 0 Å². The Balaban J connectivity index is 1.11. The molecule has 0 saturated heterocycles. The molecule has 53 heavy (non-hydrogen) atoms. The molecule has 0 N–H and O–H groups in total. The summed E-state index contributed by atoms with van der Waals surface area (Å²) in [4.78, 5) is 2.39. The molecule has 248 valence electrons. The zero-order chi connectivity index (χ0) is 34.9. The number of hydrogen-bond donors (Lipinski definition) is 0. The number of hydrogen-bond acceptors (Lipinski definition) is 3. The summed E-state index contributed by atoms with van der Waals surface area (Å²) < 4.78 is 9.30. The van der Waals surface area contributed by atoms with Gasteiger partial charge in [0.05, 0.1) is 11.1 Å². The molecule has 2 heterocycles. The lowest BCUT2D eigenvalue weighted by Crippen LogP contribution is -2.10. The Morgan fingerprint density at radius 2 is 1.06 bits per heavy atom. The van der Waals surface area contributed by atoms with Gasteiger partial charge in [-0.15, -0.1) is 11.3 Å². The number of thiophene rings is 1. The maximum Gasteiger partial charge on any atom is 0.143 e. The van der Waals surface area contributed by atoms with E-state index < -0.39 is 0 Å². The van der Waals surface area contributed by atoms with Crippen molar-refractivity contribution >= 4 is 92.1 Å². The third kappa shape index (κ3) is 4.86.